The van der Waals surface area contributed by atoms with Crippen molar-refractivity contribution in [3.8, 4) is 0 Å². The smallest absolute Gasteiger partial charge is 0.0197 e. The minimum absolute atomic E-state index is 0.477. The molecule has 1 saturated carbocycles. The molecule has 0 aromatic heterocycles. The van der Waals surface area contributed by atoms with Crippen LogP contribution < -0.4 is 11.1 Å². The molecule has 1 aliphatic heterocycles. The summed E-state index contributed by atoms with van der Waals surface area (Å²) in [7, 11) is 0. The van der Waals surface area contributed by atoms with E-state index in [-0.39, 0.29) is 0 Å². The molecule has 2 fully saturated rings. The van der Waals surface area contributed by atoms with Gasteiger partial charge in [-0.3, -0.25) is 0 Å². The Morgan fingerprint density at radius 2 is 2.30 bits per heavy atom. The molecule has 0 aromatic rings. The molecule has 1 spiro atoms. The molecule has 2 heteroatoms. The van der Waals surface area contributed by atoms with Crippen molar-refractivity contribution in [1.82, 2.24) is 5.32 Å². The lowest BCUT2D eigenvalue weighted by Crippen LogP contribution is -2.38. The first-order chi connectivity index (χ1) is 4.81. The molecule has 2 atom stereocenters. The van der Waals surface area contributed by atoms with Crippen LogP contribution in [0.2, 0.25) is 0 Å². The van der Waals surface area contributed by atoms with Gasteiger partial charge in [-0.2, -0.15) is 0 Å². The summed E-state index contributed by atoms with van der Waals surface area (Å²) >= 11 is 0. The minimum atomic E-state index is 0.477. The summed E-state index contributed by atoms with van der Waals surface area (Å²) in [6.07, 6.45) is 6.47. The molecule has 0 aromatic carbocycles. The normalized spacial score (nSPS) is 47.1. The summed E-state index contributed by atoms with van der Waals surface area (Å²) in [6, 6.07) is 0.477. The van der Waals surface area contributed by atoms with E-state index in [0.717, 1.165) is 0 Å². The van der Waals surface area contributed by atoms with E-state index < -0.39 is 0 Å². The van der Waals surface area contributed by atoms with Crippen LogP contribution in [-0.4, -0.2) is 18.1 Å². The standard InChI is InChI=1S/C8H16N2/c9-7-2-4-8(6-7)3-1-5-10-8/h7,10H,1-6,9H2. The van der Waals surface area contributed by atoms with Gasteiger partial charge in [-0.1, -0.05) is 0 Å². The maximum absolute atomic E-state index is 5.85. The number of hydrogen-bond donors (Lipinski definition) is 2. The highest BCUT2D eigenvalue weighted by atomic mass is 15.0. The summed E-state index contributed by atoms with van der Waals surface area (Å²) in [5.74, 6) is 0. The van der Waals surface area contributed by atoms with E-state index in [4.69, 9.17) is 5.73 Å². The van der Waals surface area contributed by atoms with Crippen molar-refractivity contribution in [2.45, 2.75) is 43.7 Å². The molecule has 1 aliphatic carbocycles. The molecule has 3 N–H and O–H groups in total. The van der Waals surface area contributed by atoms with Crippen LogP contribution in [-0.2, 0) is 0 Å². The van der Waals surface area contributed by atoms with E-state index in [1.165, 1.54) is 38.6 Å². The highest BCUT2D eigenvalue weighted by Crippen LogP contribution is 2.35. The van der Waals surface area contributed by atoms with Gasteiger partial charge in [-0.25, -0.2) is 0 Å². The van der Waals surface area contributed by atoms with Gasteiger partial charge >= 0.3 is 0 Å². The van der Waals surface area contributed by atoms with Crippen molar-refractivity contribution < 1.29 is 0 Å². The number of nitrogens with one attached hydrogen (secondary N) is 1. The Balaban J connectivity index is 2.03. The first kappa shape index (κ1) is 6.62. The Kier molecular flexibility index (Phi) is 1.46. The van der Waals surface area contributed by atoms with Crippen molar-refractivity contribution in [2.75, 3.05) is 6.54 Å². The Morgan fingerprint density at radius 3 is 2.80 bits per heavy atom. The second-order valence-electron chi connectivity index (χ2n) is 3.81. The Bertz CT molecular complexity index is 127. The fourth-order valence-corrected chi connectivity index (χ4v) is 2.42. The molecule has 2 nitrogen and oxygen atoms in total. The van der Waals surface area contributed by atoms with Gasteiger partial charge in [0, 0.05) is 11.6 Å². The number of hydrogen-bond acceptors (Lipinski definition) is 2. The van der Waals surface area contributed by atoms with E-state index >= 15 is 0 Å². The molecule has 2 unspecified atom stereocenters. The SMILES string of the molecule is NC1CCC2(CCCN2)C1. The molecule has 1 heterocycles. The molecular formula is C8H16N2. The van der Waals surface area contributed by atoms with Gasteiger partial charge in [-0.05, 0) is 38.6 Å². The van der Waals surface area contributed by atoms with Crippen LogP contribution >= 0.6 is 0 Å². The molecular weight excluding hydrogens is 124 g/mol. The minimum Gasteiger partial charge on any atom is -0.328 e. The quantitative estimate of drug-likeness (QED) is 0.517. The average Bonchev–Trinajstić information content (AvgIpc) is 2.46. The van der Waals surface area contributed by atoms with E-state index in [9.17, 15) is 0 Å². The van der Waals surface area contributed by atoms with Crippen molar-refractivity contribution in [3.05, 3.63) is 0 Å². The van der Waals surface area contributed by atoms with Crippen LogP contribution in [0.5, 0.6) is 0 Å². The summed E-state index contributed by atoms with van der Waals surface area (Å²) in [5, 5.41) is 3.58. The van der Waals surface area contributed by atoms with Crippen molar-refractivity contribution >= 4 is 0 Å². The summed E-state index contributed by atoms with van der Waals surface area (Å²) < 4.78 is 0. The van der Waals surface area contributed by atoms with Crippen LogP contribution in [0.4, 0.5) is 0 Å². The lowest BCUT2D eigenvalue weighted by Gasteiger charge is -2.22. The van der Waals surface area contributed by atoms with Crippen LogP contribution in [0.1, 0.15) is 32.1 Å². The molecule has 2 rings (SSSR count). The third kappa shape index (κ3) is 0.956. The highest BCUT2D eigenvalue weighted by molar-refractivity contribution is 5.00. The lowest BCUT2D eigenvalue weighted by molar-refractivity contribution is 0.383. The monoisotopic (exact) mass is 140 g/mol. The second kappa shape index (κ2) is 2.21. The molecule has 10 heavy (non-hydrogen) atoms. The topological polar surface area (TPSA) is 38.0 Å². The maximum atomic E-state index is 5.85. The van der Waals surface area contributed by atoms with Gasteiger partial charge in [0.15, 0.2) is 0 Å². The van der Waals surface area contributed by atoms with E-state index in [0.29, 0.717) is 11.6 Å². The molecule has 58 valence electrons. The number of rotatable bonds is 0. The van der Waals surface area contributed by atoms with Crippen LogP contribution in [0, 0.1) is 0 Å². The van der Waals surface area contributed by atoms with Gasteiger partial charge in [0.25, 0.3) is 0 Å². The predicted octanol–water partition coefficient (Wildman–Crippen LogP) is 0.620. The van der Waals surface area contributed by atoms with Crippen LogP contribution in [0.15, 0.2) is 0 Å². The predicted molar refractivity (Wildman–Crippen MR) is 41.8 cm³/mol. The van der Waals surface area contributed by atoms with E-state index in [1.54, 1.807) is 0 Å². The third-order valence-corrected chi connectivity index (χ3v) is 2.98. The molecule has 0 radical (unpaired) electrons. The van der Waals surface area contributed by atoms with Gasteiger partial charge in [0.2, 0.25) is 0 Å². The molecule has 0 amide bonds. The van der Waals surface area contributed by atoms with Crippen molar-refractivity contribution in [2.24, 2.45) is 5.73 Å². The Hall–Kier alpha value is -0.0800. The molecule has 2 aliphatic rings. The largest absolute Gasteiger partial charge is 0.328 e. The van der Waals surface area contributed by atoms with E-state index in [2.05, 4.69) is 5.32 Å². The third-order valence-electron chi connectivity index (χ3n) is 2.98. The van der Waals surface area contributed by atoms with E-state index in [1.807, 2.05) is 0 Å². The fourth-order valence-electron chi connectivity index (χ4n) is 2.42. The van der Waals surface area contributed by atoms with Gasteiger partial charge in [0.05, 0.1) is 0 Å². The van der Waals surface area contributed by atoms with Crippen LogP contribution in [0.25, 0.3) is 0 Å². The van der Waals surface area contributed by atoms with Gasteiger partial charge in [0.1, 0.15) is 0 Å². The molecule has 1 saturated heterocycles. The number of nitrogens with two attached hydrogens (primary N) is 1. The van der Waals surface area contributed by atoms with Crippen molar-refractivity contribution in [3.63, 3.8) is 0 Å². The molecule has 0 bridgehead atoms. The zero-order valence-corrected chi connectivity index (χ0v) is 6.40. The second-order valence-corrected chi connectivity index (χ2v) is 3.81. The van der Waals surface area contributed by atoms with Crippen molar-refractivity contribution in [1.29, 1.82) is 0 Å². The van der Waals surface area contributed by atoms with Gasteiger partial charge < -0.3 is 11.1 Å². The van der Waals surface area contributed by atoms with Gasteiger partial charge in [-0.15, -0.1) is 0 Å². The summed E-state index contributed by atoms with van der Waals surface area (Å²) in [4.78, 5) is 0. The fraction of sp³-hybridized carbons (Fsp3) is 1.00. The zero-order valence-electron chi connectivity index (χ0n) is 6.40. The highest BCUT2D eigenvalue weighted by Gasteiger charge is 2.39. The lowest BCUT2D eigenvalue weighted by atomic mass is 9.96. The summed E-state index contributed by atoms with van der Waals surface area (Å²) in [5.41, 5.74) is 6.33. The first-order valence-electron chi connectivity index (χ1n) is 4.31. The summed E-state index contributed by atoms with van der Waals surface area (Å²) in [6.45, 7) is 1.21. The first-order valence-corrected chi connectivity index (χ1v) is 4.31. The zero-order chi connectivity index (χ0) is 7.03. The Labute approximate surface area is 62.2 Å². The maximum Gasteiger partial charge on any atom is 0.0197 e. The Morgan fingerprint density at radius 1 is 1.40 bits per heavy atom. The van der Waals surface area contributed by atoms with Crippen LogP contribution in [0.3, 0.4) is 0 Å². The average molecular weight is 140 g/mol.